The van der Waals surface area contributed by atoms with Crippen molar-refractivity contribution < 1.29 is 13.9 Å². The van der Waals surface area contributed by atoms with Gasteiger partial charge in [0.05, 0.1) is 6.61 Å². The lowest BCUT2D eigenvalue weighted by molar-refractivity contribution is 0.0951. The number of likely N-dealkylation sites (N-methyl/N-ethyl adjacent to an activating group) is 1. The quantitative estimate of drug-likeness (QED) is 0.668. The van der Waals surface area contributed by atoms with Crippen LogP contribution in [0.25, 0.3) is 0 Å². The van der Waals surface area contributed by atoms with Gasteiger partial charge in [-0.1, -0.05) is 12.1 Å². The van der Waals surface area contributed by atoms with Gasteiger partial charge in [0.2, 0.25) is 0 Å². The Balaban J connectivity index is 0.00000320. The van der Waals surface area contributed by atoms with Gasteiger partial charge in [-0.05, 0) is 74.9 Å². The predicted octanol–water partition coefficient (Wildman–Crippen LogP) is 3.31. The van der Waals surface area contributed by atoms with Crippen molar-refractivity contribution in [2.75, 3.05) is 46.9 Å². The number of ether oxygens (including phenoxy) is 1. The minimum Gasteiger partial charge on any atom is -0.493 e. The van der Waals surface area contributed by atoms with Crippen LogP contribution < -0.4 is 15.4 Å². The third-order valence-electron chi connectivity index (χ3n) is 5.33. The van der Waals surface area contributed by atoms with Crippen LogP contribution in [-0.4, -0.2) is 57.7 Å². The van der Waals surface area contributed by atoms with Crippen LogP contribution in [0.2, 0.25) is 0 Å². The van der Waals surface area contributed by atoms with E-state index in [0.717, 1.165) is 37.4 Å². The van der Waals surface area contributed by atoms with Crippen molar-refractivity contribution >= 4 is 18.3 Å². The summed E-state index contributed by atoms with van der Waals surface area (Å²) < 4.78 is 19.3. The number of nitrogens with zero attached hydrogens (tertiary/aromatic N) is 1. The number of amides is 1. The van der Waals surface area contributed by atoms with Gasteiger partial charge in [0, 0.05) is 31.1 Å². The van der Waals surface area contributed by atoms with Crippen LogP contribution in [0.4, 0.5) is 4.39 Å². The summed E-state index contributed by atoms with van der Waals surface area (Å²) in [7, 11) is 3.95. The fourth-order valence-corrected chi connectivity index (χ4v) is 3.65. The van der Waals surface area contributed by atoms with E-state index in [0.29, 0.717) is 30.6 Å². The number of hydrogen-bond acceptors (Lipinski definition) is 4. The van der Waals surface area contributed by atoms with Crippen LogP contribution in [0.5, 0.6) is 5.75 Å². The molecule has 1 fully saturated rings. The van der Waals surface area contributed by atoms with Gasteiger partial charge in [0.1, 0.15) is 11.6 Å². The lowest BCUT2D eigenvalue weighted by Gasteiger charge is -2.32. The Bertz CT molecular complexity index is 784. The molecule has 2 N–H and O–H groups in total. The van der Waals surface area contributed by atoms with Crippen LogP contribution in [0.3, 0.4) is 0 Å². The standard InChI is InChI=1S/C23H30FN3O2.ClH/c1-27(2)14-13-26-23(28)18-5-9-21(10-6-18)29-16-19-15-25-12-11-22(19)17-3-7-20(24)8-4-17;/h3-10,19,22,25H,11-16H2,1-2H3,(H,26,28);1H/t19-,22-;/m0./s1. The third-order valence-corrected chi connectivity index (χ3v) is 5.33. The number of carbonyl (C=O) groups is 1. The number of hydrogen-bond donors (Lipinski definition) is 2. The Kier molecular flexibility index (Phi) is 9.56. The van der Waals surface area contributed by atoms with E-state index in [9.17, 15) is 9.18 Å². The zero-order chi connectivity index (χ0) is 20.6. The molecule has 30 heavy (non-hydrogen) atoms. The molecule has 0 saturated carbocycles. The fourth-order valence-electron chi connectivity index (χ4n) is 3.65. The number of piperidine rings is 1. The summed E-state index contributed by atoms with van der Waals surface area (Å²) in [6.07, 6.45) is 1.01. The highest BCUT2D eigenvalue weighted by atomic mass is 35.5. The second kappa shape index (κ2) is 11.9. The summed E-state index contributed by atoms with van der Waals surface area (Å²) in [5, 5.41) is 6.33. The van der Waals surface area contributed by atoms with E-state index in [1.54, 1.807) is 12.1 Å². The van der Waals surface area contributed by atoms with Crippen LogP contribution in [0, 0.1) is 11.7 Å². The fraction of sp³-hybridized carbons (Fsp3) is 0.435. The maximum atomic E-state index is 13.2. The molecule has 1 aliphatic heterocycles. The molecule has 1 heterocycles. The van der Waals surface area contributed by atoms with Crippen molar-refractivity contribution in [1.29, 1.82) is 0 Å². The van der Waals surface area contributed by atoms with Crippen molar-refractivity contribution in [1.82, 2.24) is 15.5 Å². The number of halogens is 2. The van der Waals surface area contributed by atoms with E-state index >= 15 is 0 Å². The highest BCUT2D eigenvalue weighted by Gasteiger charge is 2.27. The number of benzene rings is 2. The van der Waals surface area contributed by atoms with Crippen molar-refractivity contribution in [3.05, 3.63) is 65.5 Å². The monoisotopic (exact) mass is 435 g/mol. The summed E-state index contributed by atoms with van der Waals surface area (Å²) in [6.45, 7) is 3.81. The summed E-state index contributed by atoms with van der Waals surface area (Å²) in [5.74, 6) is 1.12. The molecule has 1 amide bonds. The van der Waals surface area contributed by atoms with Gasteiger partial charge in [0.15, 0.2) is 0 Å². The lowest BCUT2D eigenvalue weighted by Crippen LogP contribution is -2.38. The first kappa shape index (κ1) is 24.1. The topological polar surface area (TPSA) is 53.6 Å². The summed E-state index contributed by atoms with van der Waals surface area (Å²) >= 11 is 0. The van der Waals surface area contributed by atoms with E-state index in [1.807, 2.05) is 43.3 Å². The molecule has 2 atom stereocenters. The highest BCUT2D eigenvalue weighted by molar-refractivity contribution is 5.94. The first-order chi connectivity index (χ1) is 14.0. The maximum absolute atomic E-state index is 13.2. The van der Waals surface area contributed by atoms with Crippen LogP contribution in [-0.2, 0) is 0 Å². The molecule has 0 radical (unpaired) electrons. The van der Waals surface area contributed by atoms with E-state index in [1.165, 1.54) is 12.1 Å². The second-order valence-corrected chi connectivity index (χ2v) is 7.81. The summed E-state index contributed by atoms with van der Waals surface area (Å²) in [5.41, 5.74) is 1.78. The molecule has 5 nitrogen and oxygen atoms in total. The molecule has 7 heteroatoms. The average Bonchev–Trinajstić information content (AvgIpc) is 2.73. The Morgan fingerprint density at radius 2 is 1.87 bits per heavy atom. The Morgan fingerprint density at radius 1 is 1.17 bits per heavy atom. The number of carbonyl (C=O) groups excluding carboxylic acids is 1. The van der Waals surface area contributed by atoms with Gasteiger partial charge in [-0.3, -0.25) is 4.79 Å². The third kappa shape index (κ3) is 6.97. The van der Waals surface area contributed by atoms with Gasteiger partial charge in [-0.25, -0.2) is 4.39 Å². The zero-order valence-electron chi connectivity index (χ0n) is 17.6. The summed E-state index contributed by atoms with van der Waals surface area (Å²) in [6, 6.07) is 14.1. The van der Waals surface area contributed by atoms with Gasteiger partial charge in [-0.15, -0.1) is 12.4 Å². The normalized spacial score (nSPS) is 18.5. The zero-order valence-corrected chi connectivity index (χ0v) is 18.4. The highest BCUT2D eigenvalue weighted by Crippen LogP contribution is 2.31. The molecule has 3 rings (SSSR count). The minimum absolute atomic E-state index is 0. The van der Waals surface area contributed by atoms with Crippen molar-refractivity contribution in [3.8, 4) is 5.75 Å². The largest absolute Gasteiger partial charge is 0.493 e. The van der Waals surface area contributed by atoms with Crippen LogP contribution in [0.1, 0.15) is 28.3 Å². The molecule has 0 aliphatic carbocycles. The first-order valence-electron chi connectivity index (χ1n) is 10.1. The van der Waals surface area contributed by atoms with Crippen molar-refractivity contribution in [2.24, 2.45) is 5.92 Å². The van der Waals surface area contributed by atoms with E-state index in [2.05, 4.69) is 10.6 Å². The van der Waals surface area contributed by atoms with E-state index in [4.69, 9.17) is 4.74 Å². The Morgan fingerprint density at radius 3 is 2.53 bits per heavy atom. The molecule has 0 bridgehead atoms. The molecule has 0 aromatic heterocycles. The lowest BCUT2D eigenvalue weighted by atomic mass is 9.81. The molecular weight excluding hydrogens is 405 g/mol. The molecule has 1 saturated heterocycles. The van der Waals surface area contributed by atoms with Gasteiger partial charge < -0.3 is 20.3 Å². The molecule has 2 aromatic rings. The number of rotatable bonds is 8. The first-order valence-corrected chi connectivity index (χ1v) is 10.1. The minimum atomic E-state index is -0.207. The molecule has 2 aromatic carbocycles. The van der Waals surface area contributed by atoms with Crippen LogP contribution >= 0.6 is 12.4 Å². The van der Waals surface area contributed by atoms with Crippen molar-refractivity contribution in [3.63, 3.8) is 0 Å². The molecular formula is C23H31ClFN3O2. The molecule has 164 valence electrons. The Hall–Kier alpha value is -2.15. The van der Waals surface area contributed by atoms with E-state index in [-0.39, 0.29) is 24.1 Å². The predicted molar refractivity (Wildman–Crippen MR) is 120 cm³/mol. The SMILES string of the molecule is CN(C)CCNC(=O)c1ccc(OC[C@@H]2CNCC[C@H]2c2ccc(F)cc2)cc1.Cl. The average molecular weight is 436 g/mol. The van der Waals surface area contributed by atoms with Crippen molar-refractivity contribution in [2.45, 2.75) is 12.3 Å². The number of nitrogens with one attached hydrogen (secondary N) is 2. The van der Waals surface area contributed by atoms with Crippen LogP contribution in [0.15, 0.2) is 48.5 Å². The molecule has 0 unspecified atom stereocenters. The Labute approximate surface area is 184 Å². The maximum Gasteiger partial charge on any atom is 0.251 e. The van der Waals surface area contributed by atoms with Gasteiger partial charge in [0.25, 0.3) is 5.91 Å². The van der Waals surface area contributed by atoms with Gasteiger partial charge >= 0.3 is 0 Å². The molecule has 1 aliphatic rings. The second-order valence-electron chi connectivity index (χ2n) is 7.81. The van der Waals surface area contributed by atoms with E-state index < -0.39 is 0 Å². The molecule has 0 spiro atoms. The summed E-state index contributed by atoms with van der Waals surface area (Å²) in [4.78, 5) is 14.2. The van der Waals surface area contributed by atoms with Gasteiger partial charge in [-0.2, -0.15) is 0 Å². The smallest absolute Gasteiger partial charge is 0.251 e.